The van der Waals surface area contributed by atoms with Crippen molar-refractivity contribution in [2.45, 2.75) is 44.9 Å². The molecule has 4 rings (SSSR count). The molecule has 0 radical (unpaired) electrons. The molecule has 0 aliphatic carbocycles. The quantitative estimate of drug-likeness (QED) is 0.797. The largest absolute Gasteiger partial charge is 0.416 e. The number of carbonyl (C=O) groups is 1. The van der Waals surface area contributed by atoms with Crippen LogP contribution in [-0.2, 0) is 17.4 Å². The molecule has 3 atom stereocenters. The van der Waals surface area contributed by atoms with Gasteiger partial charge >= 0.3 is 6.18 Å². The van der Waals surface area contributed by atoms with Gasteiger partial charge in [-0.1, -0.05) is 13.0 Å². The van der Waals surface area contributed by atoms with Crippen LogP contribution < -0.4 is 15.1 Å². The van der Waals surface area contributed by atoms with Crippen LogP contribution in [-0.4, -0.2) is 42.6 Å². The van der Waals surface area contributed by atoms with E-state index in [9.17, 15) is 18.0 Å². The second kappa shape index (κ2) is 8.40. The fourth-order valence-electron chi connectivity index (χ4n) is 4.50. The number of nitrogens with zero attached hydrogens (tertiary/aromatic N) is 3. The summed E-state index contributed by atoms with van der Waals surface area (Å²) in [7, 11) is 0. The number of benzene rings is 1. The molecule has 1 aromatic heterocycles. The first-order valence-electron chi connectivity index (χ1n) is 10.7. The lowest BCUT2D eigenvalue weighted by Gasteiger charge is -2.49. The van der Waals surface area contributed by atoms with E-state index in [1.54, 1.807) is 12.3 Å². The highest BCUT2D eigenvalue weighted by atomic mass is 19.4. The second-order valence-corrected chi connectivity index (χ2v) is 8.36. The highest BCUT2D eigenvalue weighted by Crippen LogP contribution is 2.40. The minimum Gasteiger partial charge on any atom is -0.364 e. The molecule has 1 amide bonds. The first kappa shape index (κ1) is 21.5. The Balaban J connectivity index is 1.68. The predicted molar refractivity (Wildman–Crippen MR) is 114 cm³/mol. The van der Waals surface area contributed by atoms with E-state index < -0.39 is 17.7 Å². The van der Waals surface area contributed by atoms with Crippen molar-refractivity contribution in [3.8, 4) is 0 Å². The van der Waals surface area contributed by atoms with Gasteiger partial charge < -0.3 is 15.1 Å². The van der Waals surface area contributed by atoms with Crippen molar-refractivity contribution in [1.82, 2.24) is 10.3 Å². The van der Waals surface area contributed by atoms with Crippen LogP contribution >= 0.6 is 0 Å². The molecule has 1 fully saturated rings. The fourth-order valence-corrected chi connectivity index (χ4v) is 4.50. The third-order valence-electron chi connectivity index (χ3n) is 6.35. The number of alkyl halides is 3. The molecular weight excluding hydrogens is 405 g/mol. The van der Waals surface area contributed by atoms with Gasteiger partial charge in [-0.3, -0.25) is 4.79 Å². The number of hydrogen-bond donors (Lipinski definition) is 1. The molecular formula is C23H27F3N4O. The zero-order valence-electron chi connectivity index (χ0n) is 17.7. The number of nitrogens with one attached hydrogen (secondary N) is 1. The van der Waals surface area contributed by atoms with Crippen LogP contribution in [0.15, 0.2) is 42.6 Å². The summed E-state index contributed by atoms with van der Waals surface area (Å²) < 4.78 is 39.9. The predicted octanol–water partition coefficient (Wildman–Crippen LogP) is 3.88. The van der Waals surface area contributed by atoms with Crippen molar-refractivity contribution >= 4 is 17.4 Å². The van der Waals surface area contributed by atoms with Crippen LogP contribution in [0.5, 0.6) is 0 Å². The van der Waals surface area contributed by atoms with Crippen LogP contribution in [0.25, 0.3) is 0 Å². The summed E-state index contributed by atoms with van der Waals surface area (Å²) in [5, 5.41) is 3.04. The summed E-state index contributed by atoms with van der Waals surface area (Å²) in [5.41, 5.74) is 0.714. The number of carbonyl (C=O) groups excluding carboxylic acids is 1. The van der Waals surface area contributed by atoms with Crippen molar-refractivity contribution in [1.29, 1.82) is 0 Å². The number of aromatic nitrogens is 1. The van der Waals surface area contributed by atoms with E-state index in [4.69, 9.17) is 0 Å². The number of anilines is 2. The van der Waals surface area contributed by atoms with Gasteiger partial charge in [-0.15, -0.1) is 0 Å². The Bertz CT molecular complexity index is 934. The molecule has 0 saturated carbocycles. The van der Waals surface area contributed by atoms with E-state index in [0.29, 0.717) is 31.6 Å². The van der Waals surface area contributed by atoms with Crippen molar-refractivity contribution in [3.63, 3.8) is 0 Å². The standard InChI is InChI=1S/C23H27F3N4O/c1-3-15(2)28-22(31)18-13-16-12-17(23(24,25)26)7-8-19(16)30-11-10-29(14-20(18)30)21-6-4-5-9-27-21/h4-9,12,15,18,20H,3,10-11,13-14H2,1-2H3,(H,28,31). The maximum Gasteiger partial charge on any atom is 0.416 e. The lowest BCUT2D eigenvalue weighted by molar-refractivity contribution is -0.137. The van der Waals surface area contributed by atoms with E-state index in [1.807, 2.05) is 32.0 Å². The smallest absolute Gasteiger partial charge is 0.364 e. The molecule has 1 N–H and O–H groups in total. The van der Waals surface area contributed by atoms with Crippen LogP contribution in [0.2, 0.25) is 0 Å². The molecule has 0 spiro atoms. The number of fused-ring (bicyclic) bond motifs is 3. The van der Waals surface area contributed by atoms with E-state index in [0.717, 1.165) is 24.0 Å². The minimum atomic E-state index is -4.40. The Morgan fingerprint density at radius 3 is 2.74 bits per heavy atom. The molecule has 1 aromatic carbocycles. The van der Waals surface area contributed by atoms with Gasteiger partial charge in [0.1, 0.15) is 5.82 Å². The monoisotopic (exact) mass is 432 g/mol. The molecule has 2 aromatic rings. The summed E-state index contributed by atoms with van der Waals surface area (Å²) in [6.07, 6.45) is -1.58. The highest BCUT2D eigenvalue weighted by molar-refractivity contribution is 5.82. The molecule has 31 heavy (non-hydrogen) atoms. The van der Waals surface area contributed by atoms with Crippen molar-refractivity contribution < 1.29 is 18.0 Å². The fraction of sp³-hybridized carbons (Fsp3) is 0.478. The molecule has 1 saturated heterocycles. The third kappa shape index (κ3) is 4.34. The van der Waals surface area contributed by atoms with Crippen LogP contribution in [0, 0.1) is 5.92 Å². The minimum absolute atomic E-state index is 0.0133. The third-order valence-corrected chi connectivity index (χ3v) is 6.35. The average molecular weight is 432 g/mol. The summed E-state index contributed by atoms with van der Waals surface area (Å²) in [6, 6.07) is 9.51. The maximum absolute atomic E-state index is 13.3. The molecule has 2 aliphatic rings. The van der Waals surface area contributed by atoms with E-state index in [2.05, 4.69) is 20.1 Å². The van der Waals surface area contributed by atoms with Crippen LogP contribution in [0.4, 0.5) is 24.7 Å². The Labute approximate surface area is 180 Å². The second-order valence-electron chi connectivity index (χ2n) is 8.36. The SMILES string of the molecule is CCC(C)NC(=O)C1Cc2cc(C(F)(F)F)ccc2N2CCN(c3ccccn3)CC12. The van der Waals surface area contributed by atoms with Gasteiger partial charge in [-0.25, -0.2) is 4.98 Å². The zero-order valence-corrected chi connectivity index (χ0v) is 17.7. The summed E-state index contributed by atoms with van der Waals surface area (Å²) in [5.74, 6) is 0.313. The first-order chi connectivity index (χ1) is 14.8. The number of hydrogen-bond acceptors (Lipinski definition) is 4. The Morgan fingerprint density at radius 2 is 2.06 bits per heavy atom. The van der Waals surface area contributed by atoms with Crippen molar-refractivity contribution in [2.24, 2.45) is 5.92 Å². The summed E-state index contributed by atoms with van der Waals surface area (Å²) >= 11 is 0. The van der Waals surface area contributed by atoms with Gasteiger partial charge in [-0.2, -0.15) is 13.2 Å². The molecule has 3 heterocycles. The molecule has 3 unspecified atom stereocenters. The van der Waals surface area contributed by atoms with Gasteiger partial charge in [0.05, 0.1) is 17.5 Å². The van der Waals surface area contributed by atoms with E-state index in [1.165, 1.54) is 6.07 Å². The van der Waals surface area contributed by atoms with E-state index in [-0.39, 0.29) is 18.0 Å². The topological polar surface area (TPSA) is 48.5 Å². The highest BCUT2D eigenvalue weighted by Gasteiger charge is 2.43. The molecule has 166 valence electrons. The summed E-state index contributed by atoms with van der Waals surface area (Å²) in [4.78, 5) is 21.9. The number of rotatable bonds is 4. The van der Waals surface area contributed by atoms with Crippen molar-refractivity contribution in [3.05, 3.63) is 53.7 Å². The Hall–Kier alpha value is -2.77. The van der Waals surface area contributed by atoms with Crippen LogP contribution in [0.1, 0.15) is 31.4 Å². The summed E-state index contributed by atoms with van der Waals surface area (Å²) in [6.45, 7) is 5.83. The Morgan fingerprint density at radius 1 is 1.26 bits per heavy atom. The van der Waals surface area contributed by atoms with E-state index >= 15 is 0 Å². The lowest BCUT2D eigenvalue weighted by Crippen LogP contribution is -2.61. The van der Waals surface area contributed by atoms with Gasteiger partial charge in [-0.05, 0) is 55.7 Å². The molecule has 5 nitrogen and oxygen atoms in total. The average Bonchev–Trinajstić information content (AvgIpc) is 2.77. The normalized spacial score (nSPS) is 21.8. The number of piperazine rings is 1. The number of amides is 1. The molecule has 2 aliphatic heterocycles. The van der Waals surface area contributed by atoms with Gasteiger partial charge in [0, 0.05) is 37.6 Å². The number of halogens is 3. The zero-order chi connectivity index (χ0) is 22.2. The van der Waals surface area contributed by atoms with Gasteiger partial charge in [0.25, 0.3) is 0 Å². The van der Waals surface area contributed by atoms with Crippen LogP contribution in [0.3, 0.4) is 0 Å². The van der Waals surface area contributed by atoms with Gasteiger partial charge in [0.2, 0.25) is 5.91 Å². The molecule has 8 heteroatoms. The lowest BCUT2D eigenvalue weighted by atomic mass is 9.82. The maximum atomic E-state index is 13.3. The van der Waals surface area contributed by atoms with Crippen molar-refractivity contribution in [2.75, 3.05) is 29.4 Å². The molecule has 0 bridgehead atoms. The number of pyridine rings is 1. The first-order valence-corrected chi connectivity index (χ1v) is 10.7. The van der Waals surface area contributed by atoms with Gasteiger partial charge in [0.15, 0.2) is 0 Å². The Kier molecular flexibility index (Phi) is 5.81.